The van der Waals surface area contributed by atoms with E-state index in [1.54, 1.807) is 48.5 Å². The normalized spacial score (nSPS) is 11.8. The number of carbonyl (C=O) groups excluding carboxylic acids is 2. The molecule has 8 rings (SSSR count). The zero-order chi connectivity index (χ0) is 45.0. The van der Waals surface area contributed by atoms with Gasteiger partial charge >= 0.3 is 11.9 Å². The number of hydrogen-bond donors (Lipinski definition) is 4. The fourth-order valence-electron chi connectivity index (χ4n) is 6.22. The number of ether oxygens (including phenoxy) is 2. The van der Waals surface area contributed by atoms with Crippen molar-refractivity contribution in [3.63, 3.8) is 0 Å². The Morgan fingerprint density at radius 1 is 0.594 bits per heavy atom. The van der Waals surface area contributed by atoms with Crippen LogP contribution in [-0.4, -0.2) is 68.1 Å². The predicted molar refractivity (Wildman–Crippen MR) is 272 cm³/mol. The van der Waals surface area contributed by atoms with Crippen molar-refractivity contribution in [1.29, 1.82) is 0 Å². The third-order valence-corrected chi connectivity index (χ3v) is 9.36. The van der Waals surface area contributed by atoms with Crippen LogP contribution in [0.25, 0.3) is 0 Å². The zero-order valence-electron chi connectivity index (χ0n) is 34.1. The molecular formula is C42H40Cl3I3N10O4V2-2. The molecule has 2 aliphatic carbocycles. The largest absolute Gasteiger partial charge is 0.465 e. The standard InChI is InChI=1S/C20H18ClN5O2.C12H10Cl2N4.C8H9NO2.CHI2.CH2I.2V/c1-28-17(27)12-6-8-15(9-7-12)22-19-24-18(21)25-20(26-19)23-16-10-13-4-2-3-5-14(13)11-16;13-10-16-11(14)18-12(17-10)15-9-5-7-3-1-2-4-8(7)6-9;1-11-8(10)6-2-4-7(9)5-3-6;2-1-3;1-2;;/h2-9,16H,10-11H2,1H3,(H2,22,23,24,25,26);1-4,9H,5-6H2,(H,15,16,17,18);2-5H,9H2,1H3;1H;1H2;;/q;;;2*-1;;. The fourth-order valence-corrected chi connectivity index (χ4v) is 6.75. The number of nitrogens with one attached hydrogen (secondary N) is 3. The summed E-state index contributed by atoms with van der Waals surface area (Å²) in [5, 5.41) is 9.96. The van der Waals surface area contributed by atoms with Crippen LogP contribution < -0.4 is 21.7 Å². The Morgan fingerprint density at radius 3 is 1.30 bits per heavy atom. The van der Waals surface area contributed by atoms with Crippen molar-refractivity contribution in [2.24, 2.45) is 0 Å². The van der Waals surface area contributed by atoms with Crippen LogP contribution in [0.2, 0.25) is 15.9 Å². The minimum Gasteiger partial charge on any atom is -0.465 e. The van der Waals surface area contributed by atoms with E-state index in [0.717, 1.165) is 25.7 Å². The van der Waals surface area contributed by atoms with Gasteiger partial charge in [-0.3, -0.25) is 4.93 Å². The minimum atomic E-state index is -0.390. The molecule has 64 heavy (non-hydrogen) atoms. The number of fused-ring (bicyclic) bond motifs is 2. The number of benzene rings is 4. The quantitative estimate of drug-likeness (QED) is 0.0487. The molecule has 0 spiro atoms. The maximum absolute atomic E-state index is 11.5. The van der Waals surface area contributed by atoms with Crippen LogP contribution in [0.1, 0.15) is 43.0 Å². The first-order valence-electron chi connectivity index (χ1n) is 18.3. The van der Waals surface area contributed by atoms with E-state index in [1.165, 1.54) is 36.5 Å². The number of nitrogens with two attached hydrogens (primary N) is 1. The number of nitrogen functional groups attached to an aromatic ring is 1. The minimum absolute atomic E-state index is 0. The van der Waals surface area contributed by atoms with Gasteiger partial charge in [0.2, 0.25) is 33.7 Å². The first kappa shape index (κ1) is 57.4. The Labute approximate surface area is 452 Å². The molecule has 2 aromatic heterocycles. The van der Waals surface area contributed by atoms with Gasteiger partial charge in [0, 0.05) is 60.6 Å². The van der Waals surface area contributed by atoms with Gasteiger partial charge in [-0.1, -0.05) is 48.5 Å². The molecule has 4 aromatic carbocycles. The van der Waals surface area contributed by atoms with E-state index in [1.807, 2.05) is 25.0 Å². The summed E-state index contributed by atoms with van der Waals surface area (Å²) in [5.41, 5.74) is 13.1. The van der Waals surface area contributed by atoms with E-state index in [2.05, 4.69) is 149 Å². The molecule has 14 nitrogen and oxygen atoms in total. The first-order valence-corrected chi connectivity index (χ1v) is 23.4. The number of esters is 2. The van der Waals surface area contributed by atoms with Gasteiger partial charge in [0.25, 0.3) is 0 Å². The first-order chi connectivity index (χ1) is 30.0. The molecule has 0 saturated heterocycles. The summed E-state index contributed by atoms with van der Waals surface area (Å²) in [6, 6.07) is 30.6. The number of aromatic nitrogens is 6. The van der Waals surface area contributed by atoms with Gasteiger partial charge in [-0.05, 0) is 131 Å². The maximum Gasteiger partial charge on any atom is 0.337 e. The second-order valence-corrected chi connectivity index (χ2v) is 17.5. The molecule has 336 valence electrons. The molecule has 0 atom stereocenters. The Bertz CT molecular complexity index is 2310. The monoisotopic (exact) mass is 1340 g/mol. The summed E-state index contributed by atoms with van der Waals surface area (Å²) >= 11 is 23.7. The smallest absolute Gasteiger partial charge is 0.337 e. The van der Waals surface area contributed by atoms with Gasteiger partial charge in [0.1, 0.15) is 0 Å². The Balaban J connectivity index is 0.000000336. The topological polar surface area (TPSA) is 192 Å². The summed E-state index contributed by atoms with van der Waals surface area (Å²) < 4.78 is 11.1. The van der Waals surface area contributed by atoms with Crippen molar-refractivity contribution in [2.45, 2.75) is 37.8 Å². The summed E-state index contributed by atoms with van der Waals surface area (Å²) in [4.78, 5) is 50.0. The second kappa shape index (κ2) is 30.5. The molecule has 6 aromatic rings. The van der Waals surface area contributed by atoms with Crippen molar-refractivity contribution in [1.82, 2.24) is 29.9 Å². The van der Waals surface area contributed by atoms with E-state index in [4.69, 9.17) is 45.3 Å². The summed E-state index contributed by atoms with van der Waals surface area (Å²) in [6.45, 7) is 0. The number of halogens is 6. The molecule has 0 bridgehead atoms. The van der Waals surface area contributed by atoms with E-state index < -0.39 is 0 Å². The maximum atomic E-state index is 11.5. The molecular weight excluding hydrogens is 1300 g/mol. The predicted octanol–water partition coefficient (Wildman–Crippen LogP) is 10.6. The van der Waals surface area contributed by atoms with E-state index in [-0.39, 0.29) is 77.0 Å². The SMILES string of the molecule is COC(=O)c1ccc(N)cc1.COC(=O)c1ccc(Nc2nc(Cl)nc(NC3Cc4ccccc4C3)n2)cc1.Clc1nc(Cl)nc(NC2Cc3ccccc3C2)n1.I[CH-]I.[CH2-]I.[V].[V]. The Kier molecular flexibility index (Phi) is 27.4. The van der Waals surface area contributed by atoms with Gasteiger partial charge < -0.3 is 98.9 Å². The molecule has 0 fully saturated rings. The van der Waals surface area contributed by atoms with Gasteiger partial charge in [0.05, 0.1) is 25.3 Å². The van der Waals surface area contributed by atoms with Crippen LogP contribution >= 0.6 is 103 Å². The van der Waals surface area contributed by atoms with Crippen molar-refractivity contribution < 1.29 is 56.2 Å². The number of nitrogens with zero attached hydrogens (tertiary/aromatic N) is 6. The number of hydrogen-bond acceptors (Lipinski definition) is 14. The van der Waals surface area contributed by atoms with Crippen LogP contribution in [0.5, 0.6) is 0 Å². The van der Waals surface area contributed by atoms with E-state index >= 15 is 0 Å². The molecule has 0 saturated carbocycles. The van der Waals surface area contributed by atoms with Crippen molar-refractivity contribution >= 4 is 144 Å². The number of rotatable bonds is 8. The summed E-state index contributed by atoms with van der Waals surface area (Å²) in [6.07, 6.45) is 3.74. The number of carbonyl (C=O) groups is 2. The van der Waals surface area contributed by atoms with Gasteiger partial charge in [-0.2, -0.15) is 29.9 Å². The van der Waals surface area contributed by atoms with Crippen LogP contribution in [0.3, 0.4) is 0 Å². The summed E-state index contributed by atoms with van der Waals surface area (Å²) in [7, 11) is 2.69. The van der Waals surface area contributed by atoms with Crippen molar-refractivity contribution in [3.8, 4) is 0 Å². The van der Waals surface area contributed by atoms with Gasteiger partial charge in [-0.15, -0.1) is 0 Å². The molecule has 0 unspecified atom stereocenters. The molecule has 2 radical (unpaired) electrons. The third kappa shape index (κ3) is 18.9. The van der Waals surface area contributed by atoms with Gasteiger partial charge in [0.15, 0.2) is 0 Å². The van der Waals surface area contributed by atoms with Crippen molar-refractivity contribution in [3.05, 3.63) is 154 Å². The van der Waals surface area contributed by atoms with E-state index in [9.17, 15) is 9.59 Å². The Hall–Kier alpha value is -2.73. The summed E-state index contributed by atoms with van der Waals surface area (Å²) in [5.74, 6) is 0.442. The molecule has 0 amide bonds. The van der Waals surface area contributed by atoms with E-state index in [0.29, 0.717) is 40.3 Å². The van der Waals surface area contributed by atoms with Crippen LogP contribution in [-0.2, 0) is 72.3 Å². The Morgan fingerprint density at radius 2 is 0.922 bits per heavy atom. The molecule has 0 aliphatic heterocycles. The van der Waals surface area contributed by atoms with Gasteiger partial charge in [-0.25, -0.2) is 12.0 Å². The number of anilines is 5. The van der Waals surface area contributed by atoms with Crippen molar-refractivity contribution in [2.75, 3.05) is 35.9 Å². The second-order valence-electron chi connectivity index (χ2n) is 12.9. The zero-order valence-corrected chi connectivity index (χ0v) is 45.6. The number of methoxy groups -OCH3 is 2. The van der Waals surface area contributed by atoms with Crippen LogP contribution in [0.15, 0.2) is 97.1 Å². The van der Waals surface area contributed by atoms with Crippen LogP contribution in [0.4, 0.5) is 29.2 Å². The average Bonchev–Trinajstić information content (AvgIpc) is 3.87. The fraction of sp³-hybridized carbons (Fsp3) is 0.190. The molecule has 2 heterocycles. The molecule has 22 heteroatoms. The van der Waals surface area contributed by atoms with Crippen LogP contribution in [0, 0.1) is 7.36 Å². The third-order valence-electron chi connectivity index (χ3n) is 8.85. The average molecular weight is 1340 g/mol. The molecule has 2 aliphatic rings. The molecule has 5 N–H and O–H groups in total.